The number of carbonyl (C=O) groups excluding carboxylic acids is 1. The molecular weight excluding hydrogens is 252 g/mol. The second-order valence-corrected chi connectivity index (χ2v) is 4.96. The quantitative estimate of drug-likeness (QED) is 0.804. The topological polar surface area (TPSA) is 42.4 Å². The summed E-state index contributed by atoms with van der Waals surface area (Å²) in [6, 6.07) is 9.93. The minimum atomic E-state index is -0.201. The predicted molar refractivity (Wildman–Crippen MR) is 78.7 cm³/mol. The van der Waals surface area contributed by atoms with Gasteiger partial charge in [-0.1, -0.05) is 24.3 Å². The van der Waals surface area contributed by atoms with Gasteiger partial charge in [0.1, 0.15) is 11.9 Å². The van der Waals surface area contributed by atoms with Gasteiger partial charge in [-0.2, -0.15) is 0 Å². The monoisotopic (exact) mass is 270 g/mol. The number of hydrogen-bond acceptors (Lipinski definition) is 4. The Hall–Kier alpha value is -2.10. The van der Waals surface area contributed by atoms with Crippen molar-refractivity contribution in [3.8, 4) is 0 Å². The first-order valence-corrected chi connectivity index (χ1v) is 7.08. The molecule has 0 N–H and O–H groups in total. The van der Waals surface area contributed by atoms with Crippen molar-refractivity contribution in [2.24, 2.45) is 0 Å². The molecular formula is C16H18N2O2. The fourth-order valence-electron chi connectivity index (χ4n) is 2.84. The van der Waals surface area contributed by atoms with Gasteiger partial charge in [0, 0.05) is 18.1 Å². The Labute approximate surface area is 118 Å². The lowest BCUT2D eigenvalue weighted by Crippen LogP contribution is -2.37. The van der Waals surface area contributed by atoms with Gasteiger partial charge < -0.3 is 9.64 Å². The van der Waals surface area contributed by atoms with Crippen LogP contribution in [-0.2, 0) is 9.53 Å². The van der Waals surface area contributed by atoms with E-state index in [1.165, 1.54) is 0 Å². The van der Waals surface area contributed by atoms with E-state index in [1.54, 1.807) is 6.20 Å². The lowest BCUT2D eigenvalue weighted by atomic mass is 10.1. The maximum Gasteiger partial charge on any atom is 0.328 e. The average molecular weight is 270 g/mol. The van der Waals surface area contributed by atoms with Crippen LogP contribution in [0.15, 0.2) is 36.5 Å². The summed E-state index contributed by atoms with van der Waals surface area (Å²) < 4.78 is 5.18. The van der Waals surface area contributed by atoms with Crippen molar-refractivity contribution in [1.29, 1.82) is 0 Å². The second kappa shape index (κ2) is 5.49. The van der Waals surface area contributed by atoms with E-state index in [-0.39, 0.29) is 12.0 Å². The first-order chi connectivity index (χ1) is 9.81. The Bertz CT molecular complexity index is 621. The SMILES string of the molecule is CCOC(=O)C1CCCN1c1nccc2ccccc12. The first kappa shape index (κ1) is 12.9. The van der Waals surface area contributed by atoms with Crippen LogP contribution in [0.4, 0.5) is 5.82 Å². The van der Waals surface area contributed by atoms with Crippen molar-refractivity contribution in [3.63, 3.8) is 0 Å². The zero-order valence-corrected chi connectivity index (χ0v) is 11.6. The van der Waals surface area contributed by atoms with E-state index in [0.717, 1.165) is 36.0 Å². The molecule has 0 radical (unpaired) electrons. The number of fused-ring (bicyclic) bond motifs is 1. The van der Waals surface area contributed by atoms with Crippen LogP contribution in [0.25, 0.3) is 10.8 Å². The molecule has 1 unspecified atom stereocenters. The lowest BCUT2D eigenvalue weighted by molar-refractivity contribution is -0.144. The molecule has 4 nitrogen and oxygen atoms in total. The van der Waals surface area contributed by atoms with Crippen LogP contribution in [-0.4, -0.2) is 30.1 Å². The molecule has 4 heteroatoms. The summed E-state index contributed by atoms with van der Waals surface area (Å²) >= 11 is 0. The summed E-state index contributed by atoms with van der Waals surface area (Å²) in [5, 5.41) is 2.23. The zero-order valence-electron chi connectivity index (χ0n) is 11.6. The maximum atomic E-state index is 12.1. The lowest BCUT2D eigenvalue weighted by Gasteiger charge is -2.25. The van der Waals surface area contributed by atoms with Crippen molar-refractivity contribution in [1.82, 2.24) is 4.98 Å². The van der Waals surface area contributed by atoms with Gasteiger partial charge in [0.2, 0.25) is 0 Å². The number of pyridine rings is 1. The Morgan fingerprint density at radius 2 is 2.25 bits per heavy atom. The highest BCUT2D eigenvalue weighted by molar-refractivity contribution is 5.94. The molecule has 0 bridgehead atoms. The van der Waals surface area contributed by atoms with E-state index in [1.807, 2.05) is 25.1 Å². The van der Waals surface area contributed by atoms with Crippen LogP contribution < -0.4 is 4.90 Å². The van der Waals surface area contributed by atoms with E-state index >= 15 is 0 Å². The van der Waals surface area contributed by atoms with Crippen molar-refractivity contribution in [2.45, 2.75) is 25.8 Å². The third-order valence-corrected chi connectivity index (χ3v) is 3.74. The van der Waals surface area contributed by atoms with Crippen molar-refractivity contribution in [3.05, 3.63) is 36.5 Å². The predicted octanol–water partition coefficient (Wildman–Crippen LogP) is 2.77. The van der Waals surface area contributed by atoms with Crippen molar-refractivity contribution >= 4 is 22.6 Å². The van der Waals surface area contributed by atoms with Crippen LogP contribution in [0.5, 0.6) is 0 Å². The fraction of sp³-hybridized carbons (Fsp3) is 0.375. The molecule has 1 aliphatic heterocycles. The normalized spacial score (nSPS) is 18.4. The van der Waals surface area contributed by atoms with Crippen molar-refractivity contribution in [2.75, 3.05) is 18.1 Å². The van der Waals surface area contributed by atoms with Crippen molar-refractivity contribution < 1.29 is 9.53 Å². The molecule has 2 aromatic rings. The summed E-state index contributed by atoms with van der Waals surface area (Å²) in [5.74, 6) is 0.749. The van der Waals surface area contributed by atoms with Gasteiger partial charge in [0.05, 0.1) is 6.61 Å². The summed E-state index contributed by atoms with van der Waals surface area (Å²) in [5.41, 5.74) is 0. The number of aromatic nitrogens is 1. The van der Waals surface area contributed by atoms with Gasteiger partial charge in [-0.15, -0.1) is 0 Å². The third-order valence-electron chi connectivity index (χ3n) is 3.74. The van der Waals surface area contributed by atoms with E-state index in [2.05, 4.69) is 22.0 Å². The number of anilines is 1. The van der Waals surface area contributed by atoms with E-state index in [9.17, 15) is 4.79 Å². The zero-order chi connectivity index (χ0) is 13.9. The molecule has 3 rings (SSSR count). The minimum Gasteiger partial charge on any atom is -0.464 e. The van der Waals surface area contributed by atoms with E-state index < -0.39 is 0 Å². The summed E-state index contributed by atoms with van der Waals surface area (Å²) in [4.78, 5) is 18.7. The Morgan fingerprint density at radius 1 is 1.40 bits per heavy atom. The summed E-state index contributed by atoms with van der Waals surface area (Å²) in [7, 11) is 0. The molecule has 1 aliphatic rings. The molecule has 0 aliphatic carbocycles. The molecule has 1 aromatic carbocycles. The van der Waals surface area contributed by atoms with Gasteiger partial charge in [-0.3, -0.25) is 0 Å². The maximum absolute atomic E-state index is 12.1. The molecule has 104 valence electrons. The molecule has 1 atom stereocenters. The number of rotatable bonds is 3. The Morgan fingerprint density at radius 3 is 3.10 bits per heavy atom. The van der Waals surface area contributed by atoms with Crippen LogP contribution in [0.3, 0.4) is 0 Å². The third kappa shape index (κ3) is 2.22. The molecule has 20 heavy (non-hydrogen) atoms. The second-order valence-electron chi connectivity index (χ2n) is 4.96. The van der Waals surface area contributed by atoms with Gasteiger partial charge in [-0.25, -0.2) is 9.78 Å². The summed E-state index contributed by atoms with van der Waals surface area (Å²) in [6.07, 6.45) is 3.64. The van der Waals surface area contributed by atoms with Gasteiger partial charge >= 0.3 is 5.97 Å². The van der Waals surface area contributed by atoms with E-state index in [4.69, 9.17) is 4.74 Å². The molecule has 0 spiro atoms. The molecule has 2 heterocycles. The van der Waals surface area contributed by atoms with Crippen LogP contribution in [0.2, 0.25) is 0 Å². The first-order valence-electron chi connectivity index (χ1n) is 7.08. The summed E-state index contributed by atoms with van der Waals surface area (Å²) in [6.45, 7) is 3.12. The molecule has 1 saturated heterocycles. The molecule has 1 aromatic heterocycles. The number of esters is 1. The number of hydrogen-bond donors (Lipinski definition) is 0. The van der Waals surface area contributed by atoms with Crippen LogP contribution >= 0.6 is 0 Å². The van der Waals surface area contributed by atoms with Gasteiger partial charge in [0.25, 0.3) is 0 Å². The fourth-order valence-corrected chi connectivity index (χ4v) is 2.84. The van der Waals surface area contributed by atoms with Crippen LogP contribution in [0, 0.1) is 0 Å². The minimum absolute atomic E-state index is 0.139. The highest BCUT2D eigenvalue weighted by Crippen LogP contribution is 2.30. The molecule has 1 fully saturated rings. The van der Waals surface area contributed by atoms with Crippen LogP contribution in [0.1, 0.15) is 19.8 Å². The highest BCUT2D eigenvalue weighted by atomic mass is 16.5. The van der Waals surface area contributed by atoms with Gasteiger partial charge in [-0.05, 0) is 31.2 Å². The smallest absolute Gasteiger partial charge is 0.328 e. The average Bonchev–Trinajstić information content (AvgIpc) is 2.96. The van der Waals surface area contributed by atoms with E-state index in [0.29, 0.717) is 6.61 Å². The Kier molecular flexibility index (Phi) is 3.54. The standard InChI is InChI=1S/C16H18N2O2/c1-2-20-16(19)14-8-5-11-18(14)15-13-7-4-3-6-12(13)9-10-17-15/h3-4,6-7,9-10,14H,2,5,8,11H2,1H3. The largest absolute Gasteiger partial charge is 0.464 e. The highest BCUT2D eigenvalue weighted by Gasteiger charge is 2.33. The number of carbonyl (C=O) groups is 1. The number of benzene rings is 1. The molecule has 0 amide bonds. The number of ether oxygens (including phenoxy) is 1. The Balaban J connectivity index is 1.99. The van der Waals surface area contributed by atoms with Gasteiger partial charge in [0.15, 0.2) is 0 Å². The number of nitrogens with zero attached hydrogens (tertiary/aromatic N) is 2. The molecule has 0 saturated carbocycles.